The molecule has 3 nitrogen and oxygen atoms in total. The maximum atomic E-state index is 6.75. The predicted molar refractivity (Wildman–Crippen MR) is 44.4 cm³/mol. The van der Waals surface area contributed by atoms with Crippen LogP contribution in [0.2, 0.25) is 6.82 Å². The van der Waals surface area contributed by atoms with Crippen molar-refractivity contribution in [1.29, 1.82) is 5.41 Å². The Morgan fingerprint density at radius 2 is 2.18 bits per heavy atom. The van der Waals surface area contributed by atoms with E-state index in [2.05, 4.69) is 0 Å². The van der Waals surface area contributed by atoms with Gasteiger partial charge in [0.25, 0.3) is 0 Å². The van der Waals surface area contributed by atoms with Gasteiger partial charge in [-0.15, -0.1) is 0 Å². The lowest BCUT2D eigenvalue weighted by molar-refractivity contribution is 0.388. The summed E-state index contributed by atoms with van der Waals surface area (Å²) in [6, 6.07) is 0. The lowest BCUT2D eigenvalue weighted by atomic mass is 9.97. The third-order valence-corrected chi connectivity index (χ3v) is 1.33. The molecule has 0 amide bonds. The minimum absolute atomic E-state index is 0.194. The van der Waals surface area contributed by atoms with Crippen molar-refractivity contribution < 1.29 is 9.31 Å². The molecule has 0 aromatic carbocycles. The Morgan fingerprint density at radius 1 is 1.45 bits per heavy atom. The van der Waals surface area contributed by atoms with Gasteiger partial charge in [-0.05, 0) is 25.9 Å². The predicted octanol–water partition coefficient (Wildman–Crippen LogP) is 1.59. The van der Waals surface area contributed by atoms with Gasteiger partial charge < -0.3 is 14.7 Å². The van der Waals surface area contributed by atoms with Crippen LogP contribution in [0.25, 0.3) is 0 Å². The van der Waals surface area contributed by atoms with Gasteiger partial charge in [-0.25, -0.2) is 0 Å². The minimum atomic E-state index is -0.194. The van der Waals surface area contributed by atoms with Crippen LogP contribution in [0.3, 0.4) is 0 Å². The summed E-state index contributed by atoms with van der Waals surface area (Å²) in [4.78, 5) is 0. The SMILES string of the molecule is CB1OC(C)=C(/C=C\C=N)O1. The van der Waals surface area contributed by atoms with Gasteiger partial charge in [-0.3, -0.25) is 0 Å². The molecule has 0 aromatic heterocycles. The monoisotopic (exact) mass is 151 g/mol. The number of hydrogen-bond donors (Lipinski definition) is 1. The lowest BCUT2D eigenvalue weighted by Crippen LogP contribution is -2.07. The molecule has 0 unspecified atom stereocenters. The highest BCUT2D eigenvalue weighted by molar-refractivity contribution is 6.44. The van der Waals surface area contributed by atoms with E-state index in [1.54, 1.807) is 12.2 Å². The fraction of sp³-hybridized carbons (Fsp3) is 0.286. The van der Waals surface area contributed by atoms with Gasteiger partial charge in [0.15, 0.2) is 0 Å². The smallest absolute Gasteiger partial charge is 0.527 e. The second-order valence-corrected chi connectivity index (χ2v) is 2.25. The second-order valence-electron chi connectivity index (χ2n) is 2.25. The Morgan fingerprint density at radius 3 is 2.64 bits per heavy atom. The van der Waals surface area contributed by atoms with Gasteiger partial charge in [0.2, 0.25) is 0 Å². The molecule has 0 bridgehead atoms. The molecule has 0 saturated carbocycles. The topological polar surface area (TPSA) is 42.3 Å². The zero-order valence-corrected chi connectivity index (χ0v) is 6.63. The molecule has 0 atom stereocenters. The molecule has 0 aromatic rings. The third kappa shape index (κ3) is 1.87. The first-order valence-corrected chi connectivity index (χ1v) is 3.45. The highest BCUT2D eigenvalue weighted by Crippen LogP contribution is 2.19. The minimum Gasteiger partial charge on any atom is -0.527 e. The molecule has 58 valence electrons. The van der Waals surface area contributed by atoms with Crippen molar-refractivity contribution in [3.8, 4) is 0 Å². The van der Waals surface area contributed by atoms with E-state index < -0.39 is 0 Å². The van der Waals surface area contributed by atoms with Gasteiger partial charge in [0.05, 0.1) is 0 Å². The summed E-state index contributed by atoms with van der Waals surface area (Å²) in [5.74, 6) is 1.48. The van der Waals surface area contributed by atoms with Crippen molar-refractivity contribution in [1.82, 2.24) is 0 Å². The standard InChI is InChI=1S/C7H10BNO2/c1-6-7(4-3-5-9)11-8(2)10-6/h3-5,9H,1-2H3/b4-3-,9-5?. The number of allylic oxidation sites excluding steroid dienone is 3. The van der Waals surface area contributed by atoms with E-state index in [0.717, 1.165) is 5.76 Å². The van der Waals surface area contributed by atoms with Crippen molar-refractivity contribution in [3.05, 3.63) is 23.7 Å². The molecular weight excluding hydrogens is 141 g/mol. The number of rotatable bonds is 2. The quantitative estimate of drug-likeness (QED) is 0.480. The number of hydrogen-bond acceptors (Lipinski definition) is 3. The van der Waals surface area contributed by atoms with E-state index in [-0.39, 0.29) is 7.12 Å². The van der Waals surface area contributed by atoms with E-state index in [1.807, 2.05) is 13.7 Å². The van der Waals surface area contributed by atoms with E-state index >= 15 is 0 Å². The van der Waals surface area contributed by atoms with Crippen molar-refractivity contribution in [2.24, 2.45) is 0 Å². The molecule has 1 aliphatic heterocycles. The van der Waals surface area contributed by atoms with Gasteiger partial charge in [0, 0.05) is 6.21 Å². The van der Waals surface area contributed by atoms with Gasteiger partial charge in [-0.2, -0.15) is 0 Å². The summed E-state index contributed by atoms with van der Waals surface area (Å²) >= 11 is 0. The van der Waals surface area contributed by atoms with Crippen LogP contribution in [0.1, 0.15) is 6.92 Å². The molecule has 0 aliphatic carbocycles. The first-order chi connectivity index (χ1) is 5.24. The van der Waals surface area contributed by atoms with Crippen molar-refractivity contribution in [2.75, 3.05) is 0 Å². The summed E-state index contributed by atoms with van der Waals surface area (Å²) in [7, 11) is -0.194. The third-order valence-electron chi connectivity index (χ3n) is 1.33. The van der Waals surface area contributed by atoms with Crippen LogP contribution in [-0.4, -0.2) is 13.3 Å². The molecule has 11 heavy (non-hydrogen) atoms. The molecule has 0 radical (unpaired) electrons. The molecule has 1 aliphatic rings. The summed E-state index contributed by atoms with van der Waals surface area (Å²) < 4.78 is 10.4. The average molecular weight is 151 g/mol. The number of nitrogens with one attached hydrogen (secondary N) is 1. The molecule has 1 heterocycles. The maximum Gasteiger partial charge on any atom is 0.591 e. The fourth-order valence-electron chi connectivity index (χ4n) is 0.885. The van der Waals surface area contributed by atoms with Crippen molar-refractivity contribution in [3.63, 3.8) is 0 Å². The molecule has 0 spiro atoms. The Bertz CT molecular complexity index is 222. The first-order valence-electron chi connectivity index (χ1n) is 3.45. The lowest BCUT2D eigenvalue weighted by Gasteiger charge is -1.96. The largest absolute Gasteiger partial charge is 0.591 e. The van der Waals surface area contributed by atoms with Gasteiger partial charge in [-0.1, -0.05) is 0 Å². The highest BCUT2D eigenvalue weighted by atomic mass is 16.6. The summed E-state index contributed by atoms with van der Waals surface area (Å²) in [5, 5.41) is 6.75. The molecule has 1 rings (SSSR count). The Hall–Kier alpha value is -1.19. The zero-order chi connectivity index (χ0) is 8.27. The summed E-state index contributed by atoms with van der Waals surface area (Å²) in [5.41, 5.74) is 0. The average Bonchev–Trinajstić information content (AvgIpc) is 2.26. The summed E-state index contributed by atoms with van der Waals surface area (Å²) in [6.07, 6.45) is 4.51. The fourth-order valence-corrected chi connectivity index (χ4v) is 0.885. The molecule has 0 saturated heterocycles. The highest BCUT2D eigenvalue weighted by Gasteiger charge is 2.24. The van der Waals surface area contributed by atoms with E-state index in [1.165, 1.54) is 6.21 Å². The van der Waals surface area contributed by atoms with Gasteiger partial charge in [0.1, 0.15) is 11.5 Å². The normalized spacial score (nSPS) is 17.1. The molecule has 4 heteroatoms. The van der Waals surface area contributed by atoms with Crippen LogP contribution < -0.4 is 0 Å². The van der Waals surface area contributed by atoms with Crippen LogP contribution in [0.15, 0.2) is 23.7 Å². The Kier molecular flexibility index (Phi) is 2.36. The van der Waals surface area contributed by atoms with E-state index in [4.69, 9.17) is 14.7 Å². The van der Waals surface area contributed by atoms with Crippen molar-refractivity contribution >= 4 is 13.3 Å². The van der Waals surface area contributed by atoms with Crippen LogP contribution in [-0.2, 0) is 9.31 Å². The van der Waals surface area contributed by atoms with E-state index in [0.29, 0.717) is 5.76 Å². The molecule has 0 fully saturated rings. The van der Waals surface area contributed by atoms with Crippen molar-refractivity contribution in [2.45, 2.75) is 13.7 Å². The maximum absolute atomic E-state index is 6.75. The zero-order valence-electron chi connectivity index (χ0n) is 6.63. The second kappa shape index (κ2) is 3.28. The van der Waals surface area contributed by atoms with Gasteiger partial charge >= 0.3 is 7.12 Å². The van der Waals surface area contributed by atoms with Crippen LogP contribution >= 0.6 is 0 Å². The van der Waals surface area contributed by atoms with Crippen LogP contribution in [0.4, 0.5) is 0 Å². The van der Waals surface area contributed by atoms with Crippen LogP contribution in [0.5, 0.6) is 0 Å². The van der Waals surface area contributed by atoms with Crippen LogP contribution in [0, 0.1) is 5.41 Å². The molecule has 1 N–H and O–H groups in total. The first kappa shape index (κ1) is 7.92. The Balaban J connectivity index is 2.64. The Labute approximate surface area is 66.3 Å². The summed E-state index contributed by atoms with van der Waals surface area (Å²) in [6.45, 7) is 3.67. The van der Waals surface area contributed by atoms with E-state index in [9.17, 15) is 0 Å². The molecular formula is C7H10BNO2.